The van der Waals surface area contributed by atoms with Gasteiger partial charge in [0.2, 0.25) is 11.8 Å². The number of aromatic nitrogens is 2. The van der Waals surface area contributed by atoms with Crippen LogP contribution in [0.5, 0.6) is 0 Å². The largest absolute Gasteiger partial charge is 0.437 e. The maximum Gasteiger partial charge on any atom is 0.437 e. The van der Waals surface area contributed by atoms with Crippen LogP contribution in [0, 0.1) is 5.82 Å². The van der Waals surface area contributed by atoms with E-state index in [1.165, 1.54) is 29.8 Å². The van der Waals surface area contributed by atoms with Crippen LogP contribution < -0.4 is 11.1 Å². The second kappa shape index (κ2) is 9.98. The Kier molecular flexibility index (Phi) is 7.13. The molecule has 2 aromatic carbocycles. The van der Waals surface area contributed by atoms with Gasteiger partial charge in [0.05, 0.1) is 0 Å². The van der Waals surface area contributed by atoms with Gasteiger partial charge in [-0.25, -0.2) is 9.18 Å². The van der Waals surface area contributed by atoms with Crippen LogP contribution in [0.3, 0.4) is 0 Å². The SMILES string of the molecule is CCN(CC)Cc1ccc(CNC(=O)Cn2nc(-c3ccc(F)cc3)oc2=O)cc1. The Morgan fingerprint density at radius 3 is 2.33 bits per heavy atom. The van der Waals surface area contributed by atoms with Crippen molar-refractivity contribution in [3.8, 4) is 11.5 Å². The van der Waals surface area contributed by atoms with Gasteiger partial charge >= 0.3 is 5.76 Å². The lowest BCUT2D eigenvalue weighted by atomic mass is 10.1. The second-order valence-electron chi connectivity index (χ2n) is 6.89. The molecule has 0 saturated carbocycles. The highest BCUT2D eigenvalue weighted by molar-refractivity contribution is 5.75. The van der Waals surface area contributed by atoms with Gasteiger partial charge in [0.25, 0.3) is 0 Å². The first-order valence-corrected chi connectivity index (χ1v) is 9.89. The van der Waals surface area contributed by atoms with E-state index in [9.17, 15) is 14.0 Å². The first-order chi connectivity index (χ1) is 14.5. The van der Waals surface area contributed by atoms with Crippen LogP contribution in [0.4, 0.5) is 4.39 Å². The van der Waals surface area contributed by atoms with Gasteiger partial charge in [-0.05, 0) is 48.5 Å². The Labute approximate surface area is 174 Å². The van der Waals surface area contributed by atoms with E-state index < -0.39 is 11.6 Å². The topological polar surface area (TPSA) is 80.4 Å². The molecule has 1 amide bonds. The molecule has 3 rings (SSSR count). The second-order valence-corrected chi connectivity index (χ2v) is 6.89. The predicted molar refractivity (Wildman–Crippen MR) is 111 cm³/mol. The number of hydrogen-bond acceptors (Lipinski definition) is 5. The molecule has 158 valence electrons. The molecular formula is C22H25FN4O3. The minimum atomic E-state index is -0.745. The van der Waals surface area contributed by atoms with E-state index in [4.69, 9.17) is 4.42 Å². The summed E-state index contributed by atoms with van der Waals surface area (Å²) in [6, 6.07) is 13.5. The number of hydrogen-bond donors (Lipinski definition) is 1. The number of carbonyl (C=O) groups is 1. The third-order valence-electron chi connectivity index (χ3n) is 4.80. The average Bonchev–Trinajstić information content (AvgIpc) is 3.12. The lowest BCUT2D eigenvalue weighted by molar-refractivity contribution is -0.122. The lowest BCUT2D eigenvalue weighted by Crippen LogP contribution is -2.31. The van der Waals surface area contributed by atoms with Crippen molar-refractivity contribution in [1.29, 1.82) is 0 Å². The highest BCUT2D eigenvalue weighted by Gasteiger charge is 2.13. The molecule has 0 spiro atoms. The summed E-state index contributed by atoms with van der Waals surface area (Å²) >= 11 is 0. The molecule has 0 radical (unpaired) electrons. The molecule has 0 aliphatic carbocycles. The zero-order chi connectivity index (χ0) is 21.5. The van der Waals surface area contributed by atoms with E-state index in [-0.39, 0.29) is 18.3 Å². The summed E-state index contributed by atoms with van der Waals surface area (Å²) in [5, 5.41) is 6.78. The van der Waals surface area contributed by atoms with Crippen molar-refractivity contribution in [1.82, 2.24) is 20.0 Å². The smallest absolute Gasteiger partial charge is 0.388 e. The summed E-state index contributed by atoms with van der Waals surface area (Å²) in [6.45, 7) is 7.25. The van der Waals surface area contributed by atoms with Gasteiger partial charge in [-0.3, -0.25) is 9.69 Å². The van der Waals surface area contributed by atoms with Crippen molar-refractivity contribution < 1.29 is 13.6 Å². The van der Waals surface area contributed by atoms with Crippen LogP contribution in [0.1, 0.15) is 25.0 Å². The molecule has 3 aromatic rings. The van der Waals surface area contributed by atoms with Crippen LogP contribution in [-0.2, 0) is 24.4 Å². The first kappa shape index (κ1) is 21.4. The van der Waals surface area contributed by atoms with Gasteiger partial charge in [-0.2, -0.15) is 4.68 Å². The number of carbonyl (C=O) groups excluding carboxylic acids is 1. The maximum atomic E-state index is 13.0. The van der Waals surface area contributed by atoms with Crippen molar-refractivity contribution >= 4 is 5.91 Å². The van der Waals surface area contributed by atoms with Gasteiger partial charge in [0.15, 0.2) is 0 Å². The fourth-order valence-electron chi connectivity index (χ4n) is 2.98. The van der Waals surface area contributed by atoms with Crippen LogP contribution in [0.2, 0.25) is 0 Å². The highest BCUT2D eigenvalue weighted by Crippen LogP contribution is 2.15. The summed E-state index contributed by atoms with van der Waals surface area (Å²) < 4.78 is 19.0. The molecule has 1 heterocycles. The summed E-state index contributed by atoms with van der Waals surface area (Å²) in [7, 11) is 0. The van der Waals surface area contributed by atoms with Gasteiger partial charge in [0.1, 0.15) is 12.4 Å². The first-order valence-electron chi connectivity index (χ1n) is 9.89. The molecule has 8 heteroatoms. The minimum absolute atomic E-state index is 0.0385. The zero-order valence-electron chi connectivity index (χ0n) is 17.1. The quantitative estimate of drug-likeness (QED) is 0.585. The number of halogens is 1. The summed E-state index contributed by atoms with van der Waals surface area (Å²) in [5.41, 5.74) is 2.64. The normalized spacial score (nSPS) is 11.1. The molecule has 0 atom stereocenters. The maximum absolute atomic E-state index is 13.0. The van der Waals surface area contributed by atoms with E-state index >= 15 is 0 Å². The third kappa shape index (κ3) is 5.64. The number of rotatable bonds is 9. The summed E-state index contributed by atoms with van der Waals surface area (Å²) in [6.07, 6.45) is 0. The molecule has 0 aliphatic rings. The van der Waals surface area contributed by atoms with Crippen LogP contribution in [0.25, 0.3) is 11.5 Å². The molecule has 1 aromatic heterocycles. The minimum Gasteiger partial charge on any atom is -0.388 e. The zero-order valence-corrected chi connectivity index (χ0v) is 17.1. The van der Waals surface area contributed by atoms with Crippen LogP contribution in [-0.4, -0.2) is 33.7 Å². The van der Waals surface area contributed by atoms with Crippen LogP contribution >= 0.6 is 0 Å². The van der Waals surface area contributed by atoms with E-state index in [0.29, 0.717) is 12.1 Å². The number of amides is 1. The number of nitrogens with one attached hydrogen (secondary N) is 1. The number of nitrogens with zero attached hydrogens (tertiary/aromatic N) is 3. The molecule has 0 unspecified atom stereocenters. The van der Waals surface area contributed by atoms with Gasteiger partial charge in [-0.1, -0.05) is 38.1 Å². The van der Waals surface area contributed by atoms with Crippen molar-refractivity contribution in [3.63, 3.8) is 0 Å². The van der Waals surface area contributed by atoms with Gasteiger partial charge < -0.3 is 9.73 Å². The lowest BCUT2D eigenvalue weighted by Gasteiger charge is -2.18. The van der Waals surface area contributed by atoms with Crippen molar-refractivity contribution in [2.45, 2.75) is 33.5 Å². The van der Waals surface area contributed by atoms with Crippen molar-refractivity contribution in [3.05, 3.63) is 76.0 Å². The molecule has 0 saturated heterocycles. The summed E-state index contributed by atoms with van der Waals surface area (Å²) in [4.78, 5) is 26.5. The fourth-order valence-corrected chi connectivity index (χ4v) is 2.98. The van der Waals surface area contributed by atoms with E-state index in [2.05, 4.69) is 41.3 Å². The Hall–Kier alpha value is -3.26. The van der Waals surface area contributed by atoms with E-state index in [1.54, 1.807) is 0 Å². The van der Waals surface area contributed by atoms with Gasteiger partial charge in [-0.15, -0.1) is 5.10 Å². The molecule has 0 aliphatic heterocycles. The Morgan fingerprint density at radius 1 is 1.07 bits per heavy atom. The summed E-state index contributed by atoms with van der Waals surface area (Å²) in [5.74, 6) is -1.47. The Balaban J connectivity index is 1.55. The fraction of sp³-hybridized carbons (Fsp3) is 0.318. The van der Waals surface area contributed by atoms with E-state index in [0.717, 1.165) is 29.9 Å². The Morgan fingerprint density at radius 2 is 1.70 bits per heavy atom. The van der Waals surface area contributed by atoms with Crippen LogP contribution in [0.15, 0.2) is 57.7 Å². The average molecular weight is 412 g/mol. The molecular weight excluding hydrogens is 387 g/mol. The van der Waals surface area contributed by atoms with Crippen molar-refractivity contribution in [2.24, 2.45) is 0 Å². The monoisotopic (exact) mass is 412 g/mol. The standard InChI is InChI=1S/C22H25FN4O3/c1-3-26(4-2)14-17-7-5-16(6-8-17)13-24-20(28)15-27-22(29)30-21(25-27)18-9-11-19(23)12-10-18/h5-12H,3-4,13-15H2,1-2H3,(H,24,28). The molecule has 7 nitrogen and oxygen atoms in total. The van der Waals surface area contributed by atoms with Crippen molar-refractivity contribution in [2.75, 3.05) is 13.1 Å². The highest BCUT2D eigenvalue weighted by atomic mass is 19.1. The molecule has 1 N–H and O–H groups in total. The Bertz CT molecular complexity index is 1020. The molecule has 0 fully saturated rings. The predicted octanol–water partition coefficient (Wildman–Crippen LogP) is 2.80. The molecule has 30 heavy (non-hydrogen) atoms. The van der Waals surface area contributed by atoms with E-state index in [1.807, 2.05) is 12.1 Å². The third-order valence-corrected chi connectivity index (χ3v) is 4.80. The number of benzene rings is 2. The molecule has 0 bridgehead atoms. The van der Waals surface area contributed by atoms with Gasteiger partial charge in [0, 0.05) is 18.7 Å².